The number of methoxy groups -OCH3 is 1. The zero-order valence-corrected chi connectivity index (χ0v) is 13.0. The summed E-state index contributed by atoms with van der Waals surface area (Å²) in [5.41, 5.74) is 1.42. The number of rotatable bonds is 9. The third-order valence-corrected chi connectivity index (χ3v) is 3.59. The summed E-state index contributed by atoms with van der Waals surface area (Å²) in [6.45, 7) is 4.97. The van der Waals surface area contributed by atoms with Gasteiger partial charge in [-0.3, -0.25) is 0 Å². The quantitative estimate of drug-likeness (QED) is 0.697. The van der Waals surface area contributed by atoms with Gasteiger partial charge >= 0.3 is 0 Å². The summed E-state index contributed by atoms with van der Waals surface area (Å²) in [7, 11) is 1.74. The van der Waals surface area contributed by atoms with Crippen LogP contribution in [-0.2, 0) is 4.74 Å². The highest BCUT2D eigenvalue weighted by Crippen LogP contribution is 2.24. The van der Waals surface area contributed by atoms with E-state index < -0.39 is 0 Å². The molecule has 102 valence electrons. The summed E-state index contributed by atoms with van der Waals surface area (Å²) < 4.78 is 6.22. The Morgan fingerprint density at radius 2 is 2.22 bits per heavy atom. The molecule has 0 heterocycles. The first kappa shape index (κ1) is 15.7. The van der Waals surface area contributed by atoms with Crippen molar-refractivity contribution in [3.05, 3.63) is 34.3 Å². The van der Waals surface area contributed by atoms with E-state index in [-0.39, 0.29) is 0 Å². The zero-order chi connectivity index (χ0) is 13.2. The lowest BCUT2D eigenvalue weighted by Crippen LogP contribution is -2.25. The second-order valence-electron chi connectivity index (χ2n) is 4.59. The molecule has 18 heavy (non-hydrogen) atoms. The summed E-state index contributed by atoms with van der Waals surface area (Å²) in [4.78, 5) is 0. The second kappa shape index (κ2) is 9.54. The number of nitrogens with one attached hydrogen (secondary N) is 1. The minimum Gasteiger partial charge on any atom is -0.383 e. The standard InChI is InChI=1S/C15H24BrNO/c1-3-4-6-14(12-17-9-10-18-2)13-7-5-8-15(16)11-13/h5,7-8,11,14,17H,3-4,6,9-10,12H2,1-2H3. The van der Waals surface area contributed by atoms with Gasteiger partial charge in [0.1, 0.15) is 0 Å². The van der Waals surface area contributed by atoms with Crippen molar-refractivity contribution in [1.29, 1.82) is 0 Å². The molecule has 1 N–H and O–H groups in total. The Kier molecular flexibility index (Phi) is 8.31. The van der Waals surface area contributed by atoms with Crippen molar-refractivity contribution in [2.24, 2.45) is 0 Å². The van der Waals surface area contributed by atoms with Crippen LogP contribution in [0.15, 0.2) is 28.7 Å². The fourth-order valence-electron chi connectivity index (χ4n) is 2.05. The molecule has 0 radical (unpaired) electrons. The van der Waals surface area contributed by atoms with Gasteiger partial charge in [-0.2, -0.15) is 0 Å². The van der Waals surface area contributed by atoms with Crippen LogP contribution in [0, 0.1) is 0 Å². The molecule has 3 heteroatoms. The molecule has 0 aliphatic heterocycles. The maximum absolute atomic E-state index is 5.06. The smallest absolute Gasteiger partial charge is 0.0587 e. The van der Waals surface area contributed by atoms with E-state index in [0.717, 1.165) is 19.7 Å². The Morgan fingerprint density at radius 3 is 2.89 bits per heavy atom. The molecule has 2 nitrogen and oxygen atoms in total. The number of benzene rings is 1. The van der Waals surface area contributed by atoms with Gasteiger partial charge in [0.15, 0.2) is 0 Å². The lowest BCUT2D eigenvalue weighted by molar-refractivity contribution is 0.198. The summed E-state index contributed by atoms with van der Waals surface area (Å²) in [6, 6.07) is 8.66. The van der Waals surface area contributed by atoms with Gasteiger partial charge in [-0.1, -0.05) is 47.8 Å². The van der Waals surface area contributed by atoms with E-state index in [1.165, 1.54) is 29.3 Å². The van der Waals surface area contributed by atoms with Gasteiger partial charge in [-0.05, 0) is 30.0 Å². The fourth-order valence-corrected chi connectivity index (χ4v) is 2.47. The average Bonchev–Trinajstić information content (AvgIpc) is 2.38. The van der Waals surface area contributed by atoms with Crippen LogP contribution in [0.2, 0.25) is 0 Å². The lowest BCUT2D eigenvalue weighted by atomic mass is 9.93. The van der Waals surface area contributed by atoms with E-state index in [2.05, 4.69) is 52.4 Å². The Balaban J connectivity index is 2.54. The molecule has 0 aromatic heterocycles. The summed E-state index contributed by atoms with van der Waals surface area (Å²) >= 11 is 3.55. The Hall–Kier alpha value is -0.380. The van der Waals surface area contributed by atoms with E-state index in [1.54, 1.807) is 7.11 Å². The van der Waals surface area contributed by atoms with E-state index in [9.17, 15) is 0 Å². The number of hydrogen-bond donors (Lipinski definition) is 1. The summed E-state index contributed by atoms with van der Waals surface area (Å²) in [5, 5.41) is 3.47. The third kappa shape index (κ3) is 5.98. The molecule has 0 spiro atoms. The molecule has 0 aliphatic rings. The van der Waals surface area contributed by atoms with Crippen molar-refractivity contribution in [3.63, 3.8) is 0 Å². The van der Waals surface area contributed by atoms with Gasteiger partial charge in [-0.15, -0.1) is 0 Å². The third-order valence-electron chi connectivity index (χ3n) is 3.10. The van der Waals surface area contributed by atoms with Gasteiger partial charge in [-0.25, -0.2) is 0 Å². The first-order valence-corrected chi connectivity index (χ1v) is 7.52. The highest BCUT2D eigenvalue weighted by atomic mass is 79.9. The van der Waals surface area contributed by atoms with E-state index in [1.807, 2.05) is 0 Å². The lowest BCUT2D eigenvalue weighted by Gasteiger charge is -2.18. The van der Waals surface area contributed by atoms with Gasteiger partial charge in [0.05, 0.1) is 6.61 Å². The number of unbranched alkanes of at least 4 members (excludes halogenated alkanes) is 1. The molecule has 0 fully saturated rings. The zero-order valence-electron chi connectivity index (χ0n) is 11.4. The molecule has 1 aromatic carbocycles. The second-order valence-corrected chi connectivity index (χ2v) is 5.51. The van der Waals surface area contributed by atoms with Crippen molar-refractivity contribution in [2.45, 2.75) is 32.1 Å². The van der Waals surface area contributed by atoms with Crippen LogP contribution in [0.5, 0.6) is 0 Å². The minimum atomic E-state index is 0.597. The molecule has 1 aromatic rings. The number of halogens is 1. The average molecular weight is 314 g/mol. The van der Waals surface area contributed by atoms with E-state index in [0.29, 0.717) is 5.92 Å². The van der Waals surface area contributed by atoms with E-state index >= 15 is 0 Å². The minimum absolute atomic E-state index is 0.597. The molecular weight excluding hydrogens is 290 g/mol. The van der Waals surface area contributed by atoms with Crippen LogP contribution in [-0.4, -0.2) is 26.8 Å². The predicted molar refractivity (Wildman–Crippen MR) is 81.2 cm³/mol. The highest BCUT2D eigenvalue weighted by Gasteiger charge is 2.10. The normalized spacial score (nSPS) is 12.6. The SMILES string of the molecule is CCCCC(CNCCOC)c1cccc(Br)c1. The molecule has 0 amide bonds. The van der Waals surface area contributed by atoms with Gasteiger partial charge in [0.25, 0.3) is 0 Å². The topological polar surface area (TPSA) is 21.3 Å². The molecule has 1 rings (SSSR count). The Morgan fingerprint density at radius 1 is 1.39 bits per heavy atom. The largest absolute Gasteiger partial charge is 0.383 e. The first-order chi connectivity index (χ1) is 8.77. The molecule has 1 atom stereocenters. The maximum atomic E-state index is 5.06. The van der Waals surface area contributed by atoms with Crippen molar-refractivity contribution in [1.82, 2.24) is 5.32 Å². The Labute approximate surface area is 119 Å². The summed E-state index contributed by atoms with van der Waals surface area (Å²) in [6.07, 6.45) is 3.78. The van der Waals surface area contributed by atoms with Crippen molar-refractivity contribution < 1.29 is 4.74 Å². The molecule has 1 unspecified atom stereocenters. The molecule has 0 saturated carbocycles. The fraction of sp³-hybridized carbons (Fsp3) is 0.600. The predicted octanol–water partition coefficient (Wildman–Crippen LogP) is 3.96. The molecule has 0 bridgehead atoms. The molecular formula is C15H24BrNO. The van der Waals surface area contributed by atoms with E-state index in [4.69, 9.17) is 4.74 Å². The van der Waals surface area contributed by atoms with Crippen molar-refractivity contribution >= 4 is 15.9 Å². The summed E-state index contributed by atoms with van der Waals surface area (Å²) in [5.74, 6) is 0.597. The monoisotopic (exact) mass is 313 g/mol. The molecule has 0 saturated heterocycles. The van der Waals surface area contributed by atoms with Crippen LogP contribution < -0.4 is 5.32 Å². The Bertz CT molecular complexity index is 330. The highest BCUT2D eigenvalue weighted by molar-refractivity contribution is 9.10. The first-order valence-electron chi connectivity index (χ1n) is 6.73. The number of hydrogen-bond acceptors (Lipinski definition) is 2. The van der Waals surface area contributed by atoms with Gasteiger partial charge in [0, 0.05) is 24.7 Å². The van der Waals surface area contributed by atoms with Crippen molar-refractivity contribution in [2.75, 3.05) is 26.8 Å². The van der Waals surface area contributed by atoms with Crippen LogP contribution in [0.25, 0.3) is 0 Å². The van der Waals surface area contributed by atoms with Crippen LogP contribution in [0.3, 0.4) is 0 Å². The van der Waals surface area contributed by atoms with Crippen LogP contribution in [0.1, 0.15) is 37.7 Å². The molecule has 0 aliphatic carbocycles. The van der Waals surface area contributed by atoms with Crippen molar-refractivity contribution in [3.8, 4) is 0 Å². The van der Waals surface area contributed by atoms with Gasteiger partial charge < -0.3 is 10.1 Å². The van der Waals surface area contributed by atoms with Crippen LogP contribution in [0.4, 0.5) is 0 Å². The van der Waals surface area contributed by atoms with Gasteiger partial charge in [0.2, 0.25) is 0 Å². The van der Waals surface area contributed by atoms with Crippen LogP contribution >= 0.6 is 15.9 Å². The number of ether oxygens (including phenoxy) is 1. The maximum Gasteiger partial charge on any atom is 0.0587 e.